The Morgan fingerprint density at radius 1 is 1.33 bits per heavy atom. The third-order valence-electron chi connectivity index (χ3n) is 3.43. The average molecular weight is 323 g/mol. The molecule has 112 valence electrons. The molecular weight excluding hydrogens is 306 g/mol. The molecule has 21 heavy (non-hydrogen) atoms. The van der Waals surface area contributed by atoms with E-state index in [0.29, 0.717) is 17.4 Å². The number of carbonyl (C=O) groups excluding carboxylic acids is 1. The van der Waals surface area contributed by atoms with Gasteiger partial charge in [-0.3, -0.25) is 4.79 Å². The van der Waals surface area contributed by atoms with Gasteiger partial charge in [0, 0.05) is 36.3 Å². The third-order valence-corrected chi connectivity index (χ3v) is 5.36. The molecule has 1 amide bonds. The van der Waals surface area contributed by atoms with Crippen LogP contribution in [-0.2, 0) is 4.74 Å². The van der Waals surface area contributed by atoms with Gasteiger partial charge in [-0.05, 0) is 31.0 Å². The highest BCUT2D eigenvalue weighted by atomic mass is 32.2. The van der Waals surface area contributed by atoms with Crippen LogP contribution in [0.2, 0.25) is 0 Å². The fourth-order valence-electron chi connectivity index (χ4n) is 2.26. The minimum atomic E-state index is -0.0440. The molecule has 0 bridgehead atoms. The van der Waals surface area contributed by atoms with Gasteiger partial charge in [0.25, 0.3) is 5.91 Å². The predicted octanol–water partition coefficient (Wildman–Crippen LogP) is 2.33. The molecule has 7 heteroatoms. The third kappa shape index (κ3) is 3.93. The van der Waals surface area contributed by atoms with Gasteiger partial charge < -0.3 is 10.1 Å². The number of aromatic nitrogens is 2. The highest BCUT2D eigenvalue weighted by Gasteiger charge is 2.14. The lowest BCUT2D eigenvalue weighted by molar-refractivity contribution is 0.0955. The van der Waals surface area contributed by atoms with Crippen LogP contribution < -0.4 is 5.32 Å². The van der Waals surface area contributed by atoms with E-state index in [2.05, 4.69) is 14.1 Å². The SMILES string of the molecule is O=C(NCCSC1CCOCC1)c1ccc2nsnc2c1. The Morgan fingerprint density at radius 3 is 3.00 bits per heavy atom. The first-order chi connectivity index (χ1) is 10.3. The van der Waals surface area contributed by atoms with Crippen molar-refractivity contribution in [3.63, 3.8) is 0 Å². The molecule has 0 atom stereocenters. The molecule has 5 nitrogen and oxygen atoms in total. The van der Waals surface area contributed by atoms with Gasteiger partial charge in [0.2, 0.25) is 0 Å². The number of nitrogens with zero attached hydrogens (tertiary/aromatic N) is 2. The summed E-state index contributed by atoms with van der Waals surface area (Å²) >= 11 is 3.09. The standard InChI is InChI=1S/C14H17N3O2S2/c18-14(10-1-2-12-13(9-10)17-21-16-12)15-5-8-20-11-3-6-19-7-4-11/h1-2,9,11H,3-8H2,(H,15,18). The topological polar surface area (TPSA) is 64.1 Å². The molecular formula is C14H17N3O2S2. The molecule has 1 saturated heterocycles. The summed E-state index contributed by atoms with van der Waals surface area (Å²) in [6.07, 6.45) is 2.23. The lowest BCUT2D eigenvalue weighted by Gasteiger charge is -2.21. The molecule has 0 saturated carbocycles. The first kappa shape index (κ1) is 14.7. The van der Waals surface area contributed by atoms with E-state index < -0.39 is 0 Å². The summed E-state index contributed by atoms with van der Waals surface area (Å²) < 4.78 is 13.6. The van der Waals surface area contributed by atoms with E-state index >= 15 is 0 Å². The van der Waals surface area contributed by atoms with Crippen LogP contribution in [0.3, 0.4) is 0 Å². The maximum absolute atomic E-state index is 12.1. The fourth-order valence-corrected chi connectivity index (χ4v) is 3.85. The van der Waals surface area contributed by atoms with Gasteiger partial charge in [0.15, 0.2) is 0 Å². The Balaban J connectivity index is 1.45. The molecule has 3 rings (SSSR count). The molecule has 1 aromatic heterocycles. The lowest BCUT2D eigenvalue weighted by Crippen LogP contribution is -2.27. The zero-order chi connectivity index (χ0) is 14.5. The molecule has 1 aliphatic rings. The van der Waals surface area contributed by atoms with Crippen molar-refractivity contribution in [2.45, 2.75) is 18.1 Å². The summed E-state index contributed by atoms with van der Waals surface area (Å²) in [4.78, 5) is 12.1. The fraction of sp³-hybridized carbons (Fsp3) is 0.500. The second kappa shape index (κ2) is 7.20. The zero-order valence-electron chi connectivity index (χ0n) is 11.6. The number of nitrogens with one attached hydrogen (secondary N) is 1. The Labute approximate surface area is 131 Å². The van der Waals surface area contributed by atoms with Gasteiger partial charge in [-0.15, -0.1) is 0 Å². The number of hydrogen-bond acceptors (Lipinski definition) is 6. The van der Waals surface area contributed by atoms with Gasteiger partial charge >= 0.3 is 0 Å². The molecule has 1 fully saturated rings. The number of amides is 1. The normalized spacial score (nSPS) is 16.2. The number of carbonyl (C=O) groups is 1. The van der Waals surface area contributed by atoms with Crippen LogP contribution in [-0.4, -0.2) is 45.4 Å². The minimum Gasteiger partial charge on any atom is -0.381 e. The Morgan fingerprint density at radius 2 is 2.14 bits per heavy atom. The zero-order valence-corrected chi connectivity index (χ0v) is 13.2. The van der Waals surface area contributed by atoms with Crippen molar-refractivity contribution >= 4 is 40.4 Å². The molecule has 1 N–H and O–H groups in total. The van der Waals surface area contributed by atoms with Crippen LogP contribution in [0, 0.1) is 0 Å². The van der Waals surface area contributed by atoms with E-state index in [9.17, 15) is 4.79 Å². The van der Waals surface area contributed by atoms with Gasteiger partial charge in [0.1, 0.15) is 11.0 Å². The number of fused-ring (bicyclic) bond motifs is 1. The Kier molecular flexibility index (Phi) is 5.05. The summed E-state index contributed by atoms with van der Waals surface area (Å²) in [5, 5.41) is 3.63. The first-order valence-corrected chi connectivity index (χ1v) is 8.81. The van der Waals surface area contributed by atoms with Crippen LogP contribution in [0.15, 0.2) is 18.2 Å². The number of hydrogen-bond donors (Lipinski definition) is 1. The van der Waals surface area contributed by atoms with Crippen LogP contribution in [0.1, 0.15) is 23.2 Å². The maximum atomic E-state index is 12.1. The molecule has 1 aromatic carbocycles. The van der Waals surface area contributed by atoms with Gasteiger partial charge in [-0.25, -0.2) is 0 Å². The number of rotatable bonds is 5. The average Bonchev–Trinajstić information content (AvgIpc) is 3.00. The number of ether oxygens (including phenoxy) is 1. The van der Waals surface area contributed by atoms with Crippen molar-refractivity contribution < 1.29 is 9.53 Å². The smallest absolute Gasteiger partial charge is 0.251 e. The second-order valence-corrected chi connectivity index (χ2v) is 6.84. The lowest BCUT2D eigenvalue weighted by atomic mass is 10.2. The molecule has 2 heterocycles. The summed E-state index contributed by atoms with van der Waals surface area (Å²) in [5.41, 5.74) is 2.27. The van der Waals surface area contributed by atoms with Gasteiger partial charge in [-0.2, -0.15) is 20.5 Å². The quantitative estimate of drug-likeness (QED) is 0.856. The minimum absolute atomic E-state index is 0.0440. The molecule has 0 radical (unpaired) electrons. The van der Waals surface area contributed by atoms with Crippen LogP contribution in [0.25, 0.3) is 11.0 Å². The first-order valence-electron chi connectivity index (χ1n) is 7.03. The van der Waals surface area contributed by atoms with E-state index in [1.165, 1.54) is 11.7 Å². The molecule has 0 spiro atoms. The Hall–Kier alpha value is -1.18. The molecule has 2 aromatic rings. The van der Waals surface area contributed by atoms with Crippen molar-refractivity contribution in [2.24, 2.45) is 0 Å². The van der Waals surface area contributed by atoms with Crippen LogP contribution in [0.4, 0.5) is 0 Å². The summed E-state index contributed by atoms with van der Waals surface area (Å²) in [6.45, 7) is 2.42. The highest BCUT2D eigenvalue weighted by Crippen LogP contribution is 2.21. The second-order valence-electron chi connectivity index (χ2n) is 4.91. The number of thioether (sulfide) groups is 1. The Bertz CT molecular complexity index is 611. The van der Waals surface area contributed by atoms with Crippen molar-refractivity contribution in [1.82, 2.24) is 14.1 Å². The monoisotopic (exact) mass is 323 g/mol. The number of benzene rings is 1. The van der Waals surface area contributed by atoms with Gasteiger partial charge in [-0.1, -0.05) is 0 Å². The van der Waals surface area contributed by atoms with E-state index in [1.807, 2.05) is 17.8 Å². The predicted molar refractivity (Wildman–Crippen MR) is 86.0 cm³/mol. The van der Waals surface area contributed by atoms with Crippen LogP contribution in [0.5, 0.6) is 0 Å². The molecule has 0 unspecified atom stereocenters. The summed E-state index contributed by atoms with van der Waals surface area (Å²) in [7, 11) is 0. The molecule has 1 aliphatic heterocycles. The van der Waals surface area contributed by atoms with Crippen molar-refractivity contribution in [1.29, 1.82) is 0 Å². The molecule has 0 aliphatic carbocycles. The summed E-state index contributed by atoms with van der Waals surface area (Å²) in [6, 6.07) is 5.43. The highest BCUT2D eigenvalue weighted by molar-refractivity contribution is 7.99. The van der Waals surface area contributed by atoms with E-state index in [0.717, 1.165) is 42.8 Å². The van der Waals surface area contributed by atoms with E-state index in [1.54, 1.807) is 12.1 Å². The largest absolute Gasteiger partial charge is 0.381 e. The maximum Gasteiger partial charge on any atom is 0.251 e. The van der Waals surface area contributed by atoms with Gasteiger partial charge in [0.05, 0.1) is 11.7 Å². The van der Waals surface area contributed by atoms with Crippen molar-refractivity contribution in [3.8, 4) is 0 Å². The van der Waals surface area contributed by atoms with E-state index in [-0.39, 0.29) is 5.91 Å². The van der Waals surface area contributed by atoms with Crippen molar-refractivity contribution in [3.05, 3.63) is 23.8 Å². The van der Waals surface area contributed by atoms with Crippen LogP contribution >= 0.6 is 23.5 Å². The van der Waals surface area contributed by atoms with Crippen molar-refractivity contribution in [2.75, 3.05) is 25.5 Å². The van der Waals surface area contributed by atoms with E-state index in [4.69, 9.17) is 4.74 Å². The summed E-state index contributed by atoms with van der Waals surface area (Å²) in [5.74, 6) is 0.897.